The molecule has 0 saturated heterocycles. The van der Waals surface area contributed by atoms with E-state index in [0.29, 0.717) is 16.6 Å². The Morgan fingerprint density at radius 2 is 2.00 bits per heavy atom. The van der Waals surface area contributed by atoms with Crippen molar-refractivity contribution in [3.05, 3.63) is 26.6 Å². The molecule has 0 bridgehead atoms. The first kappa shape index (κ1) is 21.5. The van der Waals surface area contributed by atoms with E-state index in [1.807, 2.05) is 20.8 Å². The summed E-state index contributed by atoms with van der Waals surface area (Å²) >= 11 is 1.40. The van der Waals surface area contributed by atoms with Crippen molar-refractivity contribution in [2.75, 3.05) is 5.75 Å². The highest BCUT2D eigenvalue weighted by Gasteiger charge is 2.24. The van der Waals surface area contributed by atoms with E-state index < -0.39 is 28.1 Å². The van der Waals surface area contributed by atoms with Crippen molar-refractivity contribution in [1.29, 1.82) is 0 Å². The number of fused-ring (bicyclic) bond motifs is 1. The maximum absolute atomic E-state index is 12.3. The van der Waals surface area contributed by atoms with Crippen molar-refractivity contribution in [2.24, 2.45) is 0 Å². The summed E-state index contributed by atoms with van der Waals surface area (Å²) in [6.45, 7) is 8.66. The van der Waals surface area contributed by atoms with Crippen LogP contribution in [0.2, 0.25) is 0 Å². The largest absolute Gasteiger partial charge is 0.453 e. The second-order valence-electron chi connectivity index (χ2n) is 6.51. The number of nitrogens with one attached hydrogen (secondary N) is 2. The zero-order valence-corrected chi connectivity index (χ0v) is 17.7. The summed E-state index contributed by atoms with van der Waals surface area (Å²) in [6.07, 6.45) is 0.429. The molecule has 0 fully saturated rings. The van der Waals surface area contributed by atoms with Gasteiger partial charge in [-0.2, -0.15) is 0 Å². The third-order valence-electron chi connectivity index (χ3n) is 4.21. The third kappa shape index (κ3) is 5.14. The molecular formula is C17H25N3O5S2. The fraction of sp³-hybridized carbons (Fsp3) is 0.588. The summed E-state index contributed by atoms with van der Waals surface area (Å²) in [4.78, 5) is 33.2. The number of H-pyrrole nitrogens is 1. The van der Waals surface area contributed by atoms with E-state index in [2.05, 4.69) is 14.7 Å². The normalized spacial score (nSPS) is 14.3. The lowest BCUT2D eigenvalue weighted by molar-refractivity contribution is -0.150. The lowest BCUT2D eigenvalue weighted by atomic mass is 10.2. The van der Waals surface area contributed by atoms with E-state index in [-0.39, 0.29) is 17.1 Å². The molecule has 2 N–H and O–H groups in total. The van der Waals surface area contributed by atoms with Gasteiger partial charge < -0.3 is 9.72 Å². The van der Waals surface area contributed by atoms with Gasteiger partial charge in [0.05, 0.1) is 11.1 Å². The number of sulfonamides is 1. The molecule has 2 aromatic heterocycles. The van der Waals surface area contributed by atoms with Crippen molar-refractivity contribution >= 4 is 37.5 Å². The highest BCUT2D eigenvalue weighted by molar-refractivity contribution is 7.89. The summed E-state index contributed by atoms with van der Waals surface area (Å²) in [5.41, 5.74) is 0.600. The first-order valence-electron chi connectivity index (χ1n) is 8.76. The van der Waals surface area contributed by atoms with Gasteiger partial charge in [-0.15, -0.1) is 11.3 Å². The van der Waals surface area contributed by atoms with E-state index in [1.54, 1.807) is 6.92 Å². The second-order valence-corrected chi connectivity index (χ2v) is 9.58. The average Bonchev–Trinajstić information content (AvgIpc) is 2.87. The number of nitrogens with zero attached hydrogens (tertiary/aromatic N) is 1. The van der Waals surface area contributed by atoms with E-state index in [4.69, 9.17) is 4.74 Å². The predicted octanol–water partition coefficient (Wildman–Crippen LogP) is 2.31. The van der Waals surface area contributed by atoms with Crippen LogP contribution in [0.4, 0.5) is 0 Å². The van der Waals surface area contributed by atoms with Gasteiger partial charge in [0.2, 0.25) is 10.0 Å². The number of aromatic nitrogens is 2. The number of aryl methyl sites for hydroxylation is 2. The molecule has 0 spiro atoms. The summed E-state index contributed by atoms with van der Waals surface area (Å²) in [5.74, 6) is -0.550. The smallest absolute Gasteiger partial charge is 0.324 e. The molecule has 27 heavy (non-hydrogen) atoms. The van der Waals surface area contributed by atoms with E-state index in [9.17, 15) is 18.0 Å². The molecule has 0 radical (unpaired) electrons. The third-order valence-corrected chi connectivity index (χ3v) is 6.85. The molecule has 0 saturated carbocycles. The standard InChI is InChI=1S/C17H25N3O5S2/c1-6-7-8-27(23,24)20-10(3)17(22)25-11(4)14-18-15(21)13-9(2)12(5)26-16(13)19-14/h10-11,20H,6-8H2,1-5H3,(H,18,19,21)/t10-,11-/m0/s1. The maximum Gasteiger partial charge on any atom is 0.324 e. The minimum Gasteiger partial charge on any atom is -0.453 e. The molecule has 0 aliphatic carbocycles. The van der Waals surface area contributed by atoms with Crippen LogP contribution >= 0.6 is 11.3 Å². The molecule has 150 valence electrons. The number of aromatic amines is 1. The van der Waals surface area contributed by atoms with Crippen molar-refractivity contribution in [3.63, 3.8) is 0 Å². The number of carbonyl (C=O) groups excluding carboxylic acids is 1. The van der Waals surface area contributed by atoms with Gasteiger partial charge in [0.15, 0.2) is 11.9 Å². The van der Waals surface area contributed by atoms with Gasteiger partial charge in [-0.1, -0.05) is 13.3 Å². The molecule has 10 heteroatoms. The van der Waals surface area contributed by atoms with Crippen LogP contribution in [0.5, 0.6) is 0 Å². The number of hydrogen-bond acceptors (Lipinski definition) is 7. The quantitative estimate of drug-likeness (QED) is 0.639. The highest BCUT2D eigenvalue weighted by Crippen LogP contribution is 2.26. The number of esters is 1. The van der Waals surface area contributed by atoms with Crippen LogP contribution in [0.1, 0.15) is 56.0 Å². The number of rotatable bonds is 8. The Morgan fingerprint density at radius 1 is 1.33 bits per heavy atom. The van der Waals surface area contributed by atoms with Crippen molar-refractivity contribution in [3.8, 4) is 0 Å². The predicted molar refractivity (Wildman–Crippen MR) is 106 cm³/mol. The first-order valence-corrected chi connectivity index (χ1v) is 11.2. The Balaban J connectivity index is 2.12. The lowest BCUT2D eigenvalue weighted by Crippen LogP contribution is -2.41. The lowest BCUT2D eigenvalue weighted by Gasteiger charge is -2.17. The summed E-state index contributed by atoms with van der Waals surface area (Å²) in [6, 6.07) is -1.03. The van der Waals surface area contributed by atoms with Gasteiger partial charge in [0.1, 0.15) is 10.9 Å². The molecule has 0 unspecified atom stereocenters. The number of hydrogen-bond donors (Lipinski definition) is 2. The Bertz CT molecular complexity index is 994. The zero-order chi connectivity index (χ0) is 20.4. The molecule has 0 amide bonds. The molecule has 0 aliphatic heterocycles. The van der Waals surface area contributed by atoms with Crippen LogP contribution in [0.25, 0.3) is 10.2 Å². The van der Waals surface area contributed by atoms with Crippen molar-refractivity contribution < 1.29 is 17.9 Å². The first-order chi connectivity index (χ1) is 12.6. The van der Waals surface area contributed by atoms with Gasteiger partial charge in [-0.25, -0.2) is 18.1 Å². The molecule has 0 aliphatic rings. The molecule has 0 aromatic carbocycles. The Hall–Kier alpha value is -1.78. The van der Waals surface area contributed by atoms with Gasteiger partial charge in [0, 0.05) is 4.88 Å². The molecule has 8 nitrogen and oxygen atoms in total. The van der Waals surface area contributed by atoms with Crippen LogP contribution in [0, 0.1) is 13.8 Å². The summed E-state index contributed by atoms with van der Waals surface area (Å²) in [5, 5.41) is 0.539. The minimum atomic E-state index is -3.55. The van der Waals surface area contributed by atoms with Crippen LogP contribution in [-0.4, -0.2) is 36.1 Å². The Kier molecular flexibility index (Phi) is 6.77. The fourth-order valence-electron chi connectivity index (χ4n) is 2.51. The number of unbranched alkanes of at least 4 members (excludes halogenated alkanes) is 1. The SMILES string of the molecule is CCCCS(=O)(=O)N[C@@H](C)C(=O)O[C@@H](C)c1nc2sc(C)c(C)c2c(=O)[nH]1. The van der Waals surface area contributed by atoms with Crippen LogP contribution < -0.4 is 10.3 Å². The Labute approximate surface area is 162 Å². The van der Waals surface area contributed by atoms with E-state index >= 15 is 0 Å². The number of carbonyl (C=O) groups is 1. The topological polar surface area (TPSA) is 118 Å². The minimum absolute atomic E-state index is 0.0424. The molecule has 2 rings (SSSR count). The number of ether oxygens (including phenoxy) is 1. The molecule has 2 aromatic rings. The summed E-state index contributed by atoms with van der Waals surface area (Å²) in [7, 11) is -3.55. The van der Waals surface area contributed by atoms with Crippen molar-refractivity contribution in [1.82, 2.24) is 14.7 Å². The fourth-order valence-corrected chi connectivity index (χ4v) is 4.97. The maximum atomic E-state index is 12.3. The summed E-state index contributed by atoms with van der Waals surface area (Å²) < 4.78 is 31.4. The zero-order valence-electron chi connectivity index (χ0n) is 16.1. The van der Waals surface area contributed by atoms with Gasteiger partial charge in [-0.3, -0.25) is 9.59 Å². The highest BCUT2D eigenvalue weighted by atomic mass is 32.2. The molecule has 2 heterocycles. The second kappa shape index (κ2) is 8.49. The van der Waals surface area contributed by atoms with Crippen LogP contribution in [0.15, 0.2) is 4.79 Å². The van der Waals surface area contributed by atoms with Gasteiger partial charge >= 0.3 is 5.97 Å². The average molecular weight is 416 g/mol. The van der Waals surface area contributed by atoms with Crippen LogP contribution in [0.3, 0.4) is 0 Å². The monoisotopic (exact) mass is 415 g/mol. The van der Waals surface area contributed by atoms with Crippen LogP contribution in [-0.2, 0) is 19.6 Å². The molecular weight excluding hydrogens is 390 g/mol. The van der Waals surface area contributed by atoms with Crippen molar-refractivity contribution in [2.45, 2.75) is 59.6 Å². The van der Waals surface area contributed by atoms with E-state index in [1.165, 1.54) is 18.3 Å². The number of thiophene rings is 1. The Morgan fingerprint density at radius 3 is 2.63 bits per heavy atom. The molecule has 2 atom stereocenters. The van der Waals surface area contributed by atoms with Gasteiger partial charge in [0.25, 0.3) is 5.56 Å². The van der Waals surface area contributed by atoms with Gasteiger partial charge in [-0.05, 0) is 39.7 Å². The van der Waals surface area contributed by atoms with E-state index in [0.717, 1.165) is 16.9 Å².